The van der Waals surface area contributed by atoms with Crippen LogP contribution in [0, 0.1) is 6.92 Å². The van der Waals surface area contributed by atoms with Gasteiger partial charge in [0.05, 0.1) is 6.20 Å². The second-order valence-corrected chi connectivity index (χ2v) is 3.71. The molecule has 0 atom stereocenters. The quantitative estimate of drug-likeness (QED) is 0.650. The molecule has 0 fully saturated rings. The van der Waals surface area contributed by atoms with Crippen molar-refractivity contribution in [2.24, 2.45) is 0 Å². The van der Waals surface area contributed by atoms with Gasteiger partial charge in [0.2, 0.25) is 0 Å². The summed E-state index contributed by atoms with van der Waals surface area (Å²) < 4.78 is 5.31. The van der Waals surface area contributed by atoms with E-state index < -0.39 is 0 Å². The van der Waals surface area contributed by atoms with Crippen LogP contribution in [0.5, 0.6) is 0 Å². The molecule has 0 amide bonds. The first-order valence-electron chi connectivity index (χ1n) is 3.82. The SMILES string of the molecule is CCSCCc1ncc(C)o1. The summed E-state index contributed by atoms with van der Waals surface area (Å²) in [6.07, 6.45) is 2.72. The number of aryl methyl sites for hydroxylation is 2. The molecule has 0 saturated heterocycles. The second-order valence-electron chi connectivity index (χ2n) is 2.31. The molecule has 1 aromatic rings. The lowest BCUT2D eigenvalue weighted by Crippen LogP contribution is -1.87. The summed E-state index contributed by atoms with van der Waals surface area (Å²) in [4.78, 5) is 4.11. The van der Waals surface area contributed by atoms with Gasteiger partial charge in [-0.3, -0.25) is 0 Å². The van der Waals surface area contributed by atoms with E-state index in [4.69, 9.17) is 4.42 Å². The lowest BCUT2D eigenvalue weighted by atomic mass is 10.5. The third-order valence-corrected chi connectivity index (χ3v) is 2.23. The smallest absolute Gasteiger partial charge is 0.195 e. The Morgan fingerprint density at radius 2 is 2.45 bits per heavy atom. The maximum atomic E-state index is 5.31. The Hall–Kier alpha value is -0.440. The molecule has 0 N–H and O–H groups in total. The highest BCUT2D eigenvalue weighted by Gasteiger charge is 1.98. The number of nitrogens with zero attached hydrogens (tertiary/aromatic N) is 1. The van der Waals surface area contributed by atoms with Crippen molar-refractivity contribution >= 4 is 11.8 Å². The Labute approximate surface area is 71.4 Å². The van der Waals surface area contributed by atoms with E-state index in [1.54, 1.807) is 6.20 Å². The predicted molar refractivity (Wildman–Crippen MR) is 47.9 cm³/mol. The molecular formula is C8H13NOS. The maximum Gasteiger partial charge on any atom is 0.195 e. The Balaban J connectivity index is 2.27. The highest BCUT2D eigenvalue weighted by atomic mass is 32.2. The van der Waals surface area contributed by atoms with Crippen molar-refractivity contribution in [3.63, 3.8) is 0 Å². The van der Waals surface area contributed by atoms with Gasteiger partial charge in [-0.25, -0.2) is 4.98 Å². The topological polar surface area (TPSA) is 26.0 Å². The highest BCUT2D eigenvalue weighted by molar-refractivity contribution is 7.99. The predicted octanol–water partition coefficient (Wildman–Crippen LogP) is 2.28. The van der Waals surface area contributed by atoms with E-state index in [1.807, 2.05) is 18.7 Å². The fourth-order valence-electron chi connectivity index (χ4n) is 0.821. The molecule has 11 heavy (non-hydrogen) atoms. The molecule has 0 bridgehead atoms. The molecule has 1 aromatic heterocycles. The summed E-state index contributed by atoms with van der Waals surface area (Å²) in [5.74, 6) is 4.04. The highest BCUT2D eigenvalue weighted by Crippen LogP contribution is 2.06. The van der Waals surface area contributed by atoms with Crippen LogP contribution >= 0.6 is 11.8 Å². The van der Waals surface area contributed by atoms with Crippen LogP contribution in [-0.4, -0.2) is 16.5 Å². The van der Waals surface area contributed by atoms with Gasteiger partial charge < -0.3 is 4.42 Å². The molecule has 0 aromatic carbocycles. The van der Waals surface area contributed by atoms with Crippen LogP contribution in [0.25, 0.3) is 0 Å². The third kappa shape index (κ3) is 2.97. The molecule has 0 aliphatic rings. The fourth-order valence-corrected chi connectivity index (χ4v) is 1.43. The number of rotatable bonds is 4. The Kier molecular flexibility index (Phi) is 3.49. The summed E-state index contributed by atoms with van der Waals surface area (Å²) in [6, 6.07) is 0. The van der Waals surface area contributed by atoms with Gasteiger partial charge in [0.15, 0.2) is 5.89 Å². The van der Waals surface area contributed by atoms with Gasteiger partial charge >= 0.3 is 0 Å². The van der Waals surface area contributed by atoms with E-state index >= 15 is 0 Å². The molecule has 0 unspecified atom stereocenters. The van der Waals surface area contributed by atoms with E-state index in [2.05, 4.69) is 11.9 Å². The van der Waals surface area contributed by atoms with Gasteiger partial charge in [-0.2, -0.15) is 11.8 Å². The third-order valence-electron chi connectivity index (χ3n) is 1.33. The Morgan fingerprint density at radius 3 is 3.00 bits per heavy atom. The second kappa shape index (κ2) is 4.44. The minimum absolute atomic E-state index is 0.864. The number of hydrogen-bond acceptors (Lipinski definition) is 3. The number of oxazole rings is 1. The molecule has 62 valence electrons. The zero-order valence-corrected chi connectivity index (χ0v) is 7.78. The monoisotopic (exact) mass is 171 g/mol. The summed E-state index contributed by atoms with van der Waals surface area (Å²) >= 11 is 1.91. The van der Waals surface area contributed by atoms with E-state index in [-0.39, 0.29) is 0 Å². The number of hydrogen-bond donors (Lipinski definition) is 0. The van der Waals surface area contributed by atoms with E-state index in [1.165, 1.54) is 5.75 Å². The van der Waals surface area contributed by atoms with Crippen molar-refractivity contribution in [3.05, 3.63) is 17.8 Å². The van der Waals surface area contributed by atoms with Crippen molar-refractivity contribution in [2.45, 2.75) is 20.3 Å². The van der Waals surface area contributed by atoms with Crippen molar-refractivity contribution in [3.8, 4) is 0 Å². The van der Waals surface area contributed by atoms with Crippen molar-refractivity contribution in [2.75, 3.05) is 11.5 Å². The molecule has 1 heterocycles. The average Bonchev–Trinajstić information content (AvgIpc) is 2.37. The normalized spacial score (nSPS) is 10.4. The largest absolute Gasteiger partial charge is 0.446 e. The van der Waals surface area contributed by atoms with E-state index in [0.29, 0.717) is 0 Å². The van der Waals surface area contributed by atoms with Gasteiger partial charge in [0.25, 0.3) is 0 Å². The Morgan fingerprint density at radius 1 is 1.64 bits per heavy atom. The van der Waals surface area contributed by atoms with Crippen LogP contribution < -0.4 is 0 Å². The Bertz CT molecular complexity index is 210. The number of thioether (sulfide) groups is 1. The fraction of sp³-hybridized carbons (Fsp3) is 0.625. The zero-order chi connectivity index (χ0) is 8.10. The first kappa shape index (κ1) is 8.65. The summed E-state index contributed by atoms with van der Waals surface area (Å²) in [6.45, 7) is 4.08. The molecule has 2 nitrogen and oxygen atoms in total. The van der Waals surface area contributed by atoms with E-state index in [0.717, 1.165) is 23.8 Å². The molecule has 3 heteroatoms. The van der Waals surface area contributed by atoms with Crippen molar-refractivity contribution in [1.29, 1.82) is 0 Å². The van der Waals surface area contributed by atoms with Gasteiger partial charge in [0, 0.05) is 12.2 Å². The van der Waals surface area contributed by atoms with E-state index in [9.17, 15) is 0 Å². The van der Waals surface area contributed by atoms with Crippen LogP contribution in [0.4, 0.5) is 0 Å². The summed E-state index contributed by atoms with van der Waals surface area (Å²) in [5, 5.41) is 0. The molecule has 0 aliphatic heterocycles. The average molecular weight is 171 g/mol. The number of aromatic nitrogens is 1. The van der Waals surface area contributed by atoms with Gasteiger partial charge in [-0.1, -0.05) is 6.92 Å². The van der Waals surface area contributed by atoms with Gasteiger partial charge in [0.1, 0.15) is 5.76 Å². The minimum atomic E-state index is 0.864. The van der Waals surface area contributed by atoms with Crippen molar-refractivity contribution in [1.82, 2.24) is 4.98 Å². The summed E-state index contributed by atoms with van der Waals surface area (Å²) in [7, 11) is 0. The van der Waals surface area contributed by atoms with Crippen LogP contribution in [0.2, 0.25) is 0 Å². The summed E-state index contributed by atoms with van der Waals surface area (Å²) in [5.41, 5.74) is 0. The standard InChI is InChI=1S/C8H13NOS/c1-3-11-5-4-8-9-6-7(2)10-8/h6H,3-5H2,1-2H3. The lowest BCUT2D eigenvalue weighted by molar-refractivity contribution is 0.478. The lowest BCUT2D eigenvalue weighted by Gasteiger charge is -1.92. The van der Waals surface area contributed by atoms with Crippen LogP contribution in [0.1, 0.15) is 18.6 Å². The van der Waals surface area contributed by atoms with Gasteiger partial charge in [-0.15, -0.1) is 0 Å². The first-order valence-corrected chi connectivity index (χ1v) is 4.97. The maximum absolute atomic E-state index is 5.31. The molecule has 0 radical (unpaired) electrons. The first-order chi connectivity index (χ1) is 5.33. The van der Waals surface area contributed by atoms with Crippen molar-refractivity contribution < 1.29 is 4.42 Å². The van der Waals surface area contributed by atoms with Crippen LogP contribution in [0.3, 0.4) is 0 Å². The molecular weight excluding hydrogens is 158 g/mol. The molecule has 1 rings (SSSR count). The minimum Gasteiger partial charge on any atom is -0.446 e. The molecule has 0 saturated carbocycles. The molecule has 0 spiro atoms. The van der Waals surface area contributed by atoms with Crippen LogP contribution in [-0.2, 0) is 6.42 Å². The zero-order valence-electron chi connectivity index (χ0n) is 6.96. The van der Waals surface area contributed by atoms with Gasteiger partial charge in [-0.05, 0) is 12.7 Å². The van der Waals surface area contributed by atoms with Crippen LogP contribution in [0.15, 0.2) is 10.6 Å². The molecule has 0 aliphatic carbocycles.